The number of rotatable bonds is 5. The minimum absolute atomic E-state index is 0.172. The monoisotopic (exact) mass is 347 g/mol. The third kappa shape index (κ3) is 4.50. The van der Waals surface area contributed by atoms with Crippen molar-refractivity contribution in [3.05, 3.63) is 33.9 Å². The van der Waals surface area contributed by atoms with Crippen LogP contribution in [-0.4, -0.2) is 48.2 Å². The van der Waals surface area contributed by atoms with Crippen LogP contribution in [0.25, 0.3) is 0 Å². The van der Waals surface area contributed by atoms with E-state index in [1.165, 1.54) is 12.8 Å². The van der Waals surface area contributed by atoms with Gasteiger partial charge in [-0.15, -0.1) is 0 Å². The predicted molar refractivity (Wildman–Crippen MR) is 99.1 cm³/mol. The highest BCUT2D eigenvalue weighted by Gasteiger charge is 2.29. The highest BCUT2D eigenvalue weighted by Crippen LogP contribution is 2.30. The van der Waals surface area contributed by atoms with E-state index >= 15 is 0 Å². The number of nitrogens with one attached hydrogen (secondary N) is 1. The van der Waals surface area contributed by atoms with E-state index in [0.29, 0.717) is 23.9 Å². The van der Waals surface area contributed by atoms with Crippen molar-refractivity contribution in [1.82, 2.24) is 4.90 Å². The first kappa shape index (κ1) is 18.1. The van der Waals surface area contributed by atoms with Crippen LogP contribution in [0.15, 0.2) is 18.2 Å². The van der Waals surface area contributed by atoms with E-state index in [0.717, 1.165) is 44.3 Å². The number of piperidine rings is 1. The van der Waals surface area contributed by atoms with Crippen LogP contribution in [-0.2, 0) is 4.74 Å². The van der Waals surface area contributed by atoms with Gasteiger partial charge in [0.05, 0.1) is 11.0 Å². The number of aryl methyl sites for hydroxylation is 1. The van der Waals surface area contributed by atoms with Gasteiger partial charge in [0.2, 0.25) is 0 Å². The summed E-state index contributed by atoms with van der Waals surface area (Å²) in [6, 6.07) is 6.27. The van der Waals surface area contributed by atoms with Crippen LogP contribution >= 0.6 is 0 Å². The number of nitrogens with zero attached hydrogens (tertiary/aromatic N) is 2. The molecule has 1 aliphatic carbocycles. The van der Waals surface area contributed by atoms with E-state index in [4.69, 9.17) is 4.74 Å². The Kier molecular flexibility index (Phi) is 5.91. The van der Waals surface area contributed by atoms with Gasteiger partial charge in [0.1, 0.15) is 5.69 Å². The first-order chi connectivity index (χ1) is 12.1. The van der Waals surface area contributed by atoms with Gasteiger partial charge >= 0.3 is 0 Å². The lowest BCUT2D eigenvalue weighted by Gasteiger charge is -2.40. The summed E-state index contributed by atoms with van der Waals surface area (Å²) in [5, 5.41) is 14.7. The number of likely N-dealkylation sites (tertiary alicyclic amines) is 1. The fourth-order valence-electron chi connectivity index (χ4n) is 4.20. The lowest BCUT2D eigenvalue weighted by molar-refractivity contribution is -0.384. The quantitative estimate of drug-likeness (QED) is 0.649. The first-order valence-electron chi connectivity index (χ1n) is 9.35. The fraction of sp³-hybridized carbons (Fsp3) is 0.684. The van der Waals surface area contributed by atoms with Crippen molar-refractivity contribution in [2.45, 2.75) is 63.6 Å². The summed E-state index contributed by atoms with van der Waals surface area (Å²) in [4.78, 5) is 13.5. The molecule has 0 atom stereocenters. The molecule has 138 valence electrons. The maximum atomic E-state index is 11.2. The van der Waals surface area contributed by atoms with Crippen LogP contribution in [0, 0.1) is 17.0 Å². The van der Waals surface area contributed by atoms with Crippen LogP contribution < -0.4 is 5.32 Å². The Morgan fingerprint density at radius 1 is 1.16 bits per heavy atom. The molecule has 3 rings (SSSR count). The molecule has 6 nitrogen and oxygen atoms in total. The van der Waals surface area contributed by atoms with Gasteiger partial charge in [-0.1, -0.05) is 6.07 Å². The molecule has 6 heteroatoms. The number of methoxy groups -OCH3 is 1. The number of hydrogen-bond acceptors (Lipinski definition) is 5. The molecule has 0 amide bonds. The van der Waals surface area contributed by atoms with Crippen LogP contribution in [0.4, 0.5) is 11.4 Å². The van der Waals surface area contributed by atoms with Gasteiger partial charge in [0.15, 0.2) is 0 Å². The molecule has 1 N–H and O–H groups in total. The molecule has 0 radical (unpaired) electrons. The standard InChI is InChI=1S/C19H29N3O3/c1-14-3-8-19(22(23)24)18(13-14)20-15-9-11-21(12-10-15)16-4-6-17(25-2)7-5-16/h3,8,13,15-17,20H,4-7,9-12H2,1-2H3. The molecule has 2 fully saturated rings. The summed E-state index contributed by atoms with van der Waals surface area (Å²) in [6.45, 7) is 4.10. The van der Waals surface area contributed by atoms with E-state index < -0.39 is 0 Å². The lowest BCUT2D eigenvalue weighted by Crippen LogP contribution is -2.46. The Hall–Kier alpha value is -1.66. The summed E-state index contributed by atoms with van der Waals surface area (Å²) in [5.74, 6) is 0. The maximum Gasteiger partial charge on any atom is 0.292 e. The molecule has 1 saturated carbocycles. The van der Waals surface area contributed by atoms with Crippen LogP contribution in [0.3, 0.4) is 0 Å². The van der Waals surface area contributed by atoms with Crippen molar-refractivity contribution in [2.24, 2.45) is 0 Å². The molecular formula is C19H29N3O3. The Balaban J connectivity index is 1.53. The molecule has 0 spiro atoms. The van der Waals surface area contributed by atoms with Crippen molar-refractivity contribution in [3.8, 4) is 0 Å². The van der Waals surface area contributed by atoms with E-state index in [1.807, 2.05) is 20.1 Å². The third-order valence-corrected chi connectivity index (χ3v) is 5.73. The summed E-state index contributed by atoms with van der Waals surface area (Å²) in [6.07, 6.45) is 7.28. The van der Waals surface area contributed by atoms with Crippen LogP contribution in [0.1, 0.15) is 44.1 Å². The van der Waals surface area contributed by atoms with Crippen LogP contribution in [0.2, 0.25) is 0 Å². The second-order valence-corrected chi connectivity index (χ2v) is 7.40. The van der Waals surface area contributed by atoms with Crippen molar-refractivity contribution in [1.29, 1.82) is 0 Å². The maximum absolute atomic E-state index is 11.2. The van der Waals surface area contributed by atoms with Crippen molar-refractivity contribution < 1.29 is 9.66 Å². The Bertz CT molecular complexity index is 592. The number of hydrogen-bond donors (Lipinski definition) is 1. The number of nitro benzene ring substituents is 1. The third-order valence-electron chi connectivity index (χ3n) is 5.73. The number of ether oxygens (including phenoxy) is 1. The van der Waals surface area contributed by atoms with Crippen molar-refractivity contribution in [3.63, 3.8) is 0 Å². The fourth-order valence-corrected chi connectivity index (χ4v) is 4.20. The SMILES string of the molecule is COC1CCC(N2CCC(Nc3cc(C)ccc3[N+](=O)[O-])CC2)CC1. The normalized spacial score (nSPS) is 25.7. The van der Waals surface area contributed by atoms with Crippen LogP contribution in [0.5, 0.6) is 0 Å². The Morgan fingerprint density at radius 2 is 1.84 bits per heavy atom. The summed E-state index contributed by atoms with van der Waals surface area (Å²) in [7, 11) is 1.81. The molecule has 25 heavy (non-hydrogen) atoms. The highest BCUT2D eigenvalue weighted by atomic mass is 16.6. The smallest absolute Gasteiger partial charge is 0.292 e. The molecule has 0 unspecified atom stereocenters. The second kappa shape index (κ2) is 8.15. The number of nitro groups is 1. The number of anilines is 1. The zero-order valence-corrected chi connectivity index (χ0v) is 15.2. The lowest BCUT2D eigenvalue weighted by atomic mass is 9.90. The van der Waals surface area contributed by atoms with Gasteiger partial charge in [0.25, 0.3) is 5.69 Å². The van der Waals surface area contributed by atoms with Gasteiger partial charge in [-0.05, 0) is 57.1 Å². The van der Waals surface area contributed by atoms with E-state index in [1.54, 1.807) is 12.1 Å². The zero-order chi connectivity index (χ0) is 17.8. The molecule has 0 aromatic heterocycles. The molecule has 1 aromatic rings. The molecule has 1 heterocycles. The molecule has 1 saturated heterocycles. The van der Waals surface area contributed by atoms with E-state index in [-0.39, 0.29) is 10.6 Å². The second-order valence-electron chi connectivity index (χ2n) is 7.40. The van der Waals surface area contributed by atoms with Gasteiger partial charge in [-0.2, -0.15) is 0 Å². The Labute approximate surface area is 149 Å². The molecular weight excluding hydrogens is 318 g/mol. The molecule has 2 aliphatic rings. The predicted octanol–water partition coefficient (Wildman–Crippen LogP) is 3.74. The zero-order valence-electron chi connectivity index (χ0n) is 15.2. The average molecular weight is 347 g/mol. The molecule has 1 aromatic carbocycles. The summed E-state index contributed by atoms with van der Waals surface area (Å²) >= 11 is 0. The van der Waals surface area contributed by atoms with Gasteiger partial charge in [-0.3, -0.25) is 10.1 Å². The summed E-state index contributed by atoms with van der Waals surface area (Å²) in [5.41, 5.74) is 1.87. The molecule has 1 aliphatic heterocycles. The Morgan fingerprint density at radius 3 is 2.44 bits per heavy atom. The average Bonchev–Trinajstić information content (AvgIpc) is 2.62. The van der Waals surface area contributed by atoms with Gasteiger partial charge in [-0.25, -0.2) is 0 Å². The van der Waals surface area contributed by atoms with Crippen molar-refractivity contribution >= 4 is 11.4 Å². The van der Waals surface area contributed by atoms with Crippen molar-refractivity contribution in [2.75, 3.05) is 25.5 Å². The number of benzene rings is 1. The van der Waals surface area contributed by atoms with E-state index in [9.17, 15) is 10.1 Å². The topological polar surface area (TPSA) is 67.6 Å². The largest absolute Gasteiger partial charge is 0.381 e. The minimum atomic E-state index is -0.300. The summed E-state index contributed by atoms with van der Waals surface area (Å²) < 4.78 is 5.47. The van der Waals surface area contributed by atoms with Gasteiger partial charge in [0, 0.05) is 38.3 Å². The highest BCUT2D eigenvalue weighted by molar-refractivity contribution is 5.63. The minimum Gasteiger partial charge on any atom is -0.381 e. The van der Waals surface area contributed by atoms with E-state index in [2.05, 4.69) is 10.2 Å². The van der Waals surface area contributed by atoms with Gasteiger partial charge < -0.3 is 15.0 Å². The molecule has 0 bridgehead atoms. The first-order valence-corrected chi connectivity index (χ1v) is 9.35.